The fraction of sp³-hybridized carbons (Fsp3) is 0.350. The smallest absolute Gasteiger partial charge is 0.411 e. The molecule has 0 aromatic heterocycles. The second kappa shape index (κ2) is 8.53. The Labute approximate surface area is 148 Å². The molecule has 0 radical (unpaired) electrons. The van der Waals surface area contributed by atoms with Gasteiger partial charge in [-0.05, 0) is 54.7 Å². The number of carbonyl (C=O) groups excluding carboxylic acids is 1. The molecule has 0 bridgehead atoms. The number of aliphatic hydroxyl groups excluding tert-OH is 1. The maximum atomic E-state index is 11.6. The van der Waals surface area contributed by atoms with Crippen molar-refractivity contribution in [2.75, 3.05) is 12.4 Å². The number of ether oxygens (including phenoxy) is 2. The van der Waals surface area contributed by atoms with Gasteiger partial charge >= 0.3 is 6.09 Å². The number of benzene rings is 2. The molecule has 0 spiro atoms. The minimum atomic E-state index is -0.559. The number of hydrogen-bond acceptors (Lipinski definition) is 4. The number of rotatable bonds is 6. The Kier molecular flexibility index (Phi) is 6.42. The molecule has 0 unspecified atom stereocenters. The summed E-state index contributed by atoms with van der Waals surface area (Å²) in [5, 5.41) is 12.3. The molecule has 0 heterocycles. The van der Waals surface area contributed by atoms with Crippen LogP contribution in [0.2, 0.25) is 0 Å². The van der Waals surface area contributed by atoms with Crippen LogP contribution in [0.15, 0.2) is 30.3 Å². The molecular formula is C20H25NO4. The van der Waals surface area contributed by atoms with Crippen molar-refractivity contribution >= 4 is 11.8 Å². The third-order valence-electron chi connectivity index (χ3n) is 4.30. The maximum absolute atomic E-state index is 11.6. The first-order chi connectivity index (χ1) is 12.0. The molecule has 1 amide bonds. The number of aliphatic hydroxyl groups is 1. The Morgan fingerprint density at radius 2 is 1.88 bits per heavy atom. The zero-order valence-corrected chi connectivity index (χ0v) is 15.2. The molecule has 2 aromatic carbocycles. The standard InChI is InChI=1S/C20H25NO4/c1-5-15-9-13(2)14(3)10-19(15)25-12-17-16(11-22)7-6-8-18(17)21-20(23)24-4/h6-10,22H,5,11-12H2,1-4H3,(H,21,23). The first-order valence-corrected chi connectivity index (χ1v) is 8.29. The largest absolute Gasteiger partial charge is 0.489 e. The first-order valence-electron chi connectivity index (χ1n) is 8.29. The summed E-state index contributed by atoms with van der Waals surface area (Å²) in [5.41, 5.74) is 5.53. The summed E-state index contributed by atoms with van der Waals surface area (Å²) in [4.78, 5) is 11.6. The zero-order chi connectivity index (χ0) is 18.4. The normalized spacial score (nSPS) is 10.4. The monoisotopic (exact) mass is 343 g/mol. The number of carbonyl (C=O) groups is 1. The summed E-state index contributed by atoms with van der Waals surface area (Å²) in [5.74, 6) is 0.822. The van der Waals surface area contributed by atoms with Gasteiger partial charge in [0, 0.05) is 5.56 Å². The van der Waals surface area contributed by atoms with Crippen LogP contribution < -0.4 is 10.1 Å². The van der Waals surface area contributed by atoms with E-state index in [9.17, 15) is 9.90 Å². The van der Waals surface area contributed by atoms with E-state index in [4.69, 9.17) is 4.74 Å². The van der Waals surface area contributed by atoms with Gasteiger partial charge in [0.05, 0.1) is 19.4 Å². The van der Waals surface area contributed by atoms with Crippen LogP contribution in [0.3, 0.4) is 0 Å². The topological polar surface area (TPSA) is 67.8 Å². The number of nitrogens with one attached hydrogen (secondary N) is 1. The number of anilines is 1. The quantitative estimate of drug-likeness (QED) is 0.828. The first kappa shape index (κ1) is 18.8. The van der Waals surface area contributed by atoms with Crippen molar-refractivity contribution in [3.63, 3.8) is 0 Å². The molecule has 0 fully saturated rings. The number of hydrogen-bond donors (Lipinski definition) is 2. The van der Waals surface area contributed by atoms with Gasteiger partial charge in [-0.15, -0.1) is 0 Å². The number of amides is 1. The van der Waals surface area contributed by atoms with Gasteiger partial charge in [0.25, 0.3) is 0 Å². The van der Waals surface area contributed by atoms with Crippen molar-refractivity contribution in [3.8, 4) is 5.75 Å². The summed E-state index contributed by atoms with van der Waals surface area (Å²) in [6.45, 7) is 6.32. The molecular weight excluding hydrogens is 318 g/mol. The molecule has 0 atom stereocenters. The van der Waals surface area contributed by atoms with Gasteiger partial charge in [0.2, 0.25) is 0 Å². The van der Waals surface area contributed by atoms with E-state index in [1.54, 1.807) is 12.1 Å². The van der Waals surface area contributed by atoms with E-state index in [1.807, 2.05) is 19.1 Å². The predicted octanol–water partition coefficient (Wildman–Crippen LogP) is 4.12. The highest BCUT2D eigenvalue weighted by Crippen LogP contribution is 2.27. The molecule has 0 aliphatic heterocycles. The van der Waals surface area contributed by atoms with E-state index in [-0.39, 0.29) is 13.2 Å². The molecule has 134 valence electrons. The second-order valence-electron chi connectivity index (χ2n) is 5.90. The summed E-state index contributed by atoms with van der Waals surface area (Å²) in [6.07, 6.45) is 0.308. The van der Waals surface area contributed by atoms with Crippen LogP contribution in [0.25, 0.3) is 0 Å². The van der Waals surface area contributed by atoms with E-state index >= 15 is 0 Å². The molecule has 5 heteroatoms. The Morgan fingerprint density at radius 1 is 1.16 bits per heavy atom. The van der Waals surface area contributed by atoms with Crippen LogP contribution in [0.4, 0.5) is 10.5 Å². The second-order valence-corrected chi connectivity index (χ2v) is 5.90. The Hall–Kier alpha value is -2.53. The lowest BCUT2D eigenvalue weighted by atomic mass is 10.0. The molecule has 0 aliphatic carbocycles. The van der Waals surface area contributed by atoms with Crippen LogP contribution in [0.5, 0.6) is 5.75 Å². The van der Waals surface area contributed by atoms with Crippen molar-refractivity contribution < 1.29 is 19.4 Å². The Bertz CT molecular complexity index is 756. The van der Waals surface area contributed by atoms with Crippen LogP contribution in [-0.2, 0) is 24.4 Å². The van der Waals surface area contributed by atoms with Gasteiger partial charge in [-0.2, -0.15) is 0 Å². The van der Waals surface area contributed by atoms with Crippen molar-refractivity contribution in [3.05, 3.63) is 58.1 Å². The lowest BCUT2D eigenvalue weighted by Crippen LogP contribution is -2.14. The summed E-state index contributed by atoms with van der Waals surface area (Å²) in [7, 11) is 1.31. The molecule has 25 heavy (non-hydrogen) atoms. The van der Waals surface area contributed by atoms with Gasteiger partial charge in [-0.25, -0.2) is 4.79 Å². The van der Waals surface area contributed by atoms with Gasteiger partial charge in [0.1, 0.15) is 12.4 Å². The fourth-order valence-corrected chi connectivity index (χ4v) is 2.64. The van der Waals surface area contributed by atoms with Crippen LogP contribution in [0.1, 0.15) is 34.7 Å². The predicted molar refractivity (Wildman–Crippen MR) is 98.0 cm³/mol. The molecule has 0 aliphatic rings. The average molecular weight is 343 g/mol. The molecule has 0 saturated carbocycles. The minimum absolute atomic E-state index is 0.136. The van der Waals surface area contributed by atoms with Crippen molar-refractivity contribution in [1.29, 1.82) is 0 Å². The lowest BCUT2D eigenvalue weighted by molar-refractivity contribution is 0.187. The van der Waals surface area contributed by atoms with Crippen LogP contribution >= 0.6 is 0 Å². The highest BCUT2D eigenvalue weighted by molar-refractivity contribution is 5.85. The third kappa shape index (κ3) is 4.51. The fourth-order valence-electron chi connectivity index (χ4n) is 2.64. The lowest BCUT2D eigenvalue weighted by Gasteiger charge is -2.17. The van der Waals surface area contributed by atoms with E-state index < -0.39 is 6.09 Å². The SMILES string of the molecule is CCc1cc(C)c(C)cc1OCc1c(CO)cccc1NC(=O)OC. The van der Waals surface area contributed by atoms with E-state index in [2.05, 4.69) is 30.0 Å². The van der Waals surface area contributed by atoms with Gasteiger partial charge < -0.3 is 14.6 Å². The Balaban J connectivity index is 2.31. The molecule has 0 saturated heterocycles. The van der Waals surface area contributed by atoms with Gasteiger partial charge in [0.15, 0.2) is 0 Å². The van der Waals surface area contributed by atoms with Gasteiger partial charge in [-0.3, -0.25) is 5.32 Å². The van der Waals surface area contributed by atoms with E-state index in [0.717, 1.165) is 28.9 Å². The van der Waals surface area contributed by atoms with Crippen molar-refractivity contribution in [1.82, 2.24) is 0 Å². The highest BCUT2D eigenvalue weighted by Gasteiger charge is 2.13. The summed E-state index contributed by atoms with van der Waals surface area (Å²) >= 11 is 0. The van der Waals surface area contributed by atoms with Crippen molar-refractivity contribution in [2.45, 2.75) is 40.4 Å². The number of methoxy groups -OCH3 is 1. The van der Waals surface area contributed by atoms with Crippen molar-refractivity contribution in [2.24, 2.45) is 0 Å². The Morgan fingerprint density at radius 3 is 2.52 bits per heavy atom. The third-order valence-corrected chi connectivity index (χ3v) is 4.30. The van der Waals surface area contributed by atoms with E-state index in [1.165, 1.54) is 12.7 Å². The summed E-state index contributed by atoms with van der Waals surface area (Å²) in [6, 6.07) is 9.51. The molecule has 2 aromatic rings. The average Bonchev–Trinajstić information content (AvgIpc) is 2.62. The molecule has 2 rings (SSSR count). The maximum Gasteiger partial charge on any atom is 0.411 e. The molecule has 2 N–H and O–H groups in total. The zero-order valence-electron chi connectivity index (χ0n) is 15.2. The van der Waals surface area contributed by atoms with Crippen LogP contribution in [0, 0.1) is 13.8 Å². The summed E-state index contributed by atoms with van der Waals surface area (Å²) < 4.78 is 10.7. The van der Waals surface area contributed by atoms with E-state index in [0.29, 0.717) is 11.3 Å². The molecule has 5 nitrogen and oxygen atoms in total. The number of aryl methyl sites for hydroxylation is 3. The van der Waals surface area contributed by atoms with Crippen LogP contribution in [-0.4, -0.2) is 18.3 Å². The highest BCUT2D eigenvalue weighted by atomic mass is 16.5. The van der Waals surface area contributed by atoms with Gasteiger partial charge in [-0.1, -0.05) is 25.1 Å². The minimum Gasteiger partial charge on any atom is -0.489 e.